The van der Waals surface area contributed by atoms with Crippen molar-refractivity contribution in [3.63, 3.8) is 0 Å². The van der Waals surface area contributed by atoms with E-state index in [2.05, 4.69) is 6.92 Å². The molecule has 2 bridgehead atoms. The molecule has 1 N–H and O–H groups in total. The Kier molecular flexibility index (Phi) is 4.62. The van der Waals surface area contributed by atoms with Gasteiger partial charge in [0.15, 0.2) is 6.29 Å². The minimum atomic E-state index is -1.06. The van der Waals surface area contributed by atoms with E-state index < -0.39 is 22.9 Å². The van der Waals surface area contributed by atoms with Gasteiger partial charge in [0.05, 0.1) is 19.1 Å². The maximum Gasteiger partial charge on any atom is 0.333 e. The lowest BCUT2D eigenvalue weighted by atomic mass is 9.40. The van der Waals surface area contributed by atoms with Crippen molar-refractivity contribution < 1.29 is 33.6 Å². The van der Waals surface area contributed by atoms with Crippen LogP contribution in [0.1, 0.15) is 52.4 Å². The van der Waals surface area contributed by atoms with Gasteiger partial charge in [0.2, 0.25) is 5.79 Å². The van der Waals surface area contributed by atoms with Crippen LogP contribution in [0.25, 0.3) is 0 Å². The minimum absolute atomic E-state index is 0.00953. The van der Waals surface area contributed by atoms with Gasteiger partial charge in [-0.2, -0.15) is 0 Å². The van der Waals surface area contributed by atoms with Crippen molar-refractivity contribution in [3.8, 4) is 0 Å². The van der Waals surface area contributed by atoms with Crippen LogP contribution < -0.4 is 0 Å². The molecule has 0 unspecified atom stereocenters. The average Bonchev–Trinajstić information content (AvgIpc) is 3.06. The Morgan fingerprint density at radius 1 is 1.33 bits per heavy atom. The first-order valence-electron chi connectivity index (χ1n) is 11.3. The monoisotopic (exact) mass is 420 g/mol. The van der Waals surface area contributed by atoms with Gasteiger partial charge in [-0.3, -0.25) is 4.79 Å². The van der Waals surface area contributed by atoms with Crippen molar-refractivity contribution in [3.05, 3.63) is 11.6 Å². The molecule has 8 atom stereocenters. The van der Waals surface area contributed by atoms with Crippen molar-refractivity contribution in [2.24, 2.45) is 34.5 Å². The smallest absolute Gasteiger partial charge is 0.333 e. The molecule has 30 heavy (non-hydrogen) atoms. The molecule has 4 fully saturated rings. The second kappa shape index (κ2) is 6.78. The Hall–Kier alpha value is -1.44. The van der Waals surface area contributed by atoms with E-state index in [1.165, 1.54) is 7.11 Å². The van der Waals surface area contributed by atoms with Crippen molar-refractivity contribution in [2.45, 2.75) is 64.4 Å². The van der Waals surface area contributed by atoms with Gasteiger partial charge in [0, 0.05) is 30.1 Å². The molecule has 5 rings (SSSR count). The summed E-state index contributed by atoms with van der Waals surface area (Å²) in [7, 11) is 1.44. The molecule has 166 valence electrons. The summed E-state index contributed by atoms with van der Waals surface area (Å²) in [6.45, 7) is 4.67. The number of methoxy groups -OCH3 is 1. The molecule has 0 aromatic heterocycles. The van der Waals surface area contributed by atoms with Gasteiger partial charge in [-0.15, -0.1) is 0 Å². The molecule has 5 aliphatic rings. The summed E-state index contributed by atoms with van der Waals surface area (Å²) < 4.78 is 23.1. The van der Waals surface area contributed by atoms with Gasteiger partial charge in [-0.1, -0.05) is 13.3 Å². The number of carbonyl (C=O) groups excluding carboxylic acids is 2. The summed E-state index contributed by atoms with van der Waals surface area (Å²) in [5.41, 5.74) is -0.347. The molecule has 3 saturated carbocycles. The number of fused-ring (bicyclic) bond motifs is 2. The number of ether oxygens (including phenoxy) is 4. The molecule has 1 saturated heterocycles. The molecule has 0 amide bonds. The third-order valence-electron chi connectivity index (χ3n) is 9.07. The number of hydrogen-bond donors (Lipinski definition) is 1. The van der Waals surface area contributed by atoms with Crippen LogP contribution in [0.3, 0.4) is 0 Å². The van der Waals surface area contributed by atoms with Gasteiger partial charge < -0.3 is 24.1 Å². The molecule has 2 heterocycles. The minimum Gasteiger partial charge on any atom is -0.469 e. The molecule has 0 aromatic carbocycles. The first kappa shape index (κ1) is 20.5. The largest absolute Gasteiger partial charge is 0.469 e. The number of hydrogen-bond acceptors (Lipinski definition) is 7. The predicted octanol–water partition coefficient (Wildman–Crippen LogP) is 2.56. The first-order chi connectivity index (χ1) is 14.3. The van der Waals surface area contributed by atoms with Crippen molar-refractivity contribution >= 4 is 11.9 Å². The zero-order valence-electron chi connectivity index (χ0n) is 18.0. The Morgan fingerprint density at radius 3 is 2.87 bits per heavy atom. The van der Waals surface area contributed by atoms with Crippen LogP contribution in [0, 0.1) is 34.5 Å². The maximum atomic E-state index is 13.0. The van der Waals surface area contributed by atoms with E-state index in [1.54, 1.807) is 6.08 Å². The van der Waals surface area contributed by atoms with E-state index in [-0.39, 0.29) is 42.2 Å². The quantitative estimate of drug-likeness (QED) is 0.702. The van der Waals surface area contributed by atoms with E-state index in [9.17, 15) is 14.7 Å². The summed E-state index contributed by atoms with van der Waals surface area (Å²) in [6, 6.07) is 0. The topological polar surface area (TPSA) is 91.3 Å². The van der Waals surface area contributed by atoms with Crippen LogP contribution in [-0.4, -0.2) is 49.4 Å². The fourth-order valence-electron chi connectivity index (χ4n) is 8.05. The zero-order valence-corrected chi connectivity index (χ0v) is 18.0. The summed E-state index contributed by atoms with van der Waals surface area (Å²) in [5.74, 6) is -1.25. The van der Waals surface area contributed by atoms with Crippen molar-refractivity contribution in [1.29, 1.82) is 0 Å². The van der Waals surface area contributed by atoms with Crippen LogP contribution in [0.5, 0.6) is 0 Å². The second-order valence-electron chi connectivity index (χ2n) is 9.88. The summed E-state index contributed by atoms with van der Waals surface area (Å²) in [6.07, 6.45) is 5.32. The molecular weight excluding hydrogens is 388 g/mol. The van der Waals surface area contributed by atoms with Crippen molar-refractivity contribution in [1.82, 2.24) is 0 Å². The standard InChI is InChI=1S/C23H32O7/c1-4-29-23-11-16-14(13(2)15(23)10-18(24)30-23)6-7-17-21(19(25)27-3)8-5-9-22(16,17)20(26)28-12-21/h10,13-14,16-17,20,26H,4-9,11-12H2,1-3H3/t13-,14+,16+,17+,20-,21+,22+,23-/m1/s1. The van der Waals surface area contributed by atoms with Gasteiger partial charge in [0.25, 0.3) is 0 Å². The van der Waals surface area contributed by atoms with Gasteiger partial charge >= 0.3 is 11.9 Å². The Balaban J connectivity index is 1.61. The van der Waals surface area contributed by atoms with Crippen LogP contribution in [0.4, 0.5) is 0 Å². The summed E-state index contributed by atoms with van der Waals surface area (Å²) in [4.78, 5) is 25.3. The number of aliphatic hydroxyl groups is 1. The highest BCUT2D eigenvalue weighted by Gasteiger charge is 2.72. The Labute approximate surface area is 177 Å². The zero-order chi connectivity index (χ0) is 21.3. The third-order valence-corrected chi connectivity index (χ3v) is 9.07. The van der Waals surface area contributed by atoms with Crippen molar-refractivity contribution in [2.75, 3.05) is 20.3 Å². The normalized spacial score (nSPS) is 49.3. The molecule has 2 aliphatic heterocycles. The predicted molar refractivity (Wildman–Crippen MR) is 105 cm³/mol. The number of carbonyl (C=O) groups is 2. The van der Waals surface area contributed by atoms with Crippen LogP contribution >= 0.6 is 0 Å². The molecule has 3 aliphatic carbocycles. The molecule has 0 aromatic rings. The van der Waals surface area contributed by atoms with Gasteiger partial charge in [-0.25, -0.2) is 4.79 Å². The SMILES string of the molecule is CCO[C@@]12C[C@H]3[C@@H](CC[C@H]4[C@]5(C(=O)OC)CCC[C@]34[C@H](O)OC5)[C@@H](C)C1=CC(=O)O2. The molecule has 7 nitrogen and oxygen atoms in total. The van der Waals surface area contributed by atoms with Crippen LogP contribution in [-0.2, 0) is 28.5 Å². The highest BCUT2D eigenvalue weighted by Crippen LogP contribution is 2.70. The molecule has 0 radical (unpaired) electrons. The Bertz CT molecular complexity index is 792. The average molecular weight is 421 g/mol. The van der Waals surface area contributed by atoms with E-state index in [0.717, 1.165) is 37.7 Å². The fraction of sp³-hybridized carbons (Fsp3) is 0.826. The number of esters is 2. The number of rotatable bonds is 3. The first-order valence-corrected chi connectivity index (χ1v) is 11.3. The Morgan fingerprint density at radius 2 is 2.13 bits per heavy atom. The van der Waals surface area contributed by atoms with Gasteiger partial charge in [0.1, 0.15) is 0 Å². The highest BCUT2D eigenvalue weighted by molar-refractivity contribution is 5.86. The summed E-state index contributed by atoms with van der Waals surface area (Å²) in [5, 5.41) is 11.3. The highest BCUT2D eigenvalue weighted by atomic mass is 16.7. The van der Waals surface area contributed by atoms with E-state index >= 15 is 0 Å². The molecular formula is C23H32O7. The number of aliphatic hydroxyl groups excluding tert-OH is 1. The van der Waals surface area contributed by atoms with E-state index in [0.29, 0.717) is 13.0 Å². The van der Waals surface area contributed by atoms with E-state index in [1.807, 2.05) is 6.92 Å². The lowest BCUT2D eigenvalue weighted by Gasteiger charge is -2.67. The van der Waals surface area contributed by atoms with E-state index in [4.69, 9.17) is 18.9 Å². The second-order valence-corrected chi connectivity index (χ2v) is 9.88. The summed E-state index contributed by atoms with van der Waals surface area (Å²) >= 11 is 0. The van der Waals surface area contributed by atoms with Crippen LogP contribution in [0.15, 0.2) is 11.6 Å². The molecule has 7 heteroatoms. The van der Waals surface area contributed by atoms with Gasteiger partial charge in [-0.05, 0) is 56.3 Å². The molecule has 0 spiro atoms. The maximum absolute atomic E-state index is 13.0. The lowest BCUT2D eigenvalue weighted by Crippen LogP contribution is -2.69. The fourth-order valence-corrected chi connectivity index (χ4v) is 8.05. The lowest BCUT2D eigenvalue weighted by molar-refractivity contribution is -0.333. The third kappa shape index (κ3) is 2.37. The van der Waals surface area contributed by atoms with Crippen LogP contribution in [0.2, 0.25) is 0 Å².